The van der Waals surface area contributed by atoms with Gasteiger partial charge in [0.15, 0.2) is 0 Å². The van der Waals surface area contributed by atoms with Gasteiger partial charge in [0, 0.05) is 30.8 Å². The lowest BCUT2D eigenvalue weighted by Gasteiger charge is -2.34. The molecule has 0 aromatic heterocycles. The monoisotopic (exact) mass is 295 g/mol. The quantitative estimate of drug-likeness (QED) is 0.670. The minimum atomic E-state index is -0.446. The smallest absolute Gasteiger partial charge is 0.292 e. The van der Waals surface area contributed by atoms with E-state index in [2.05, 4.69) is 5.32 Å². The number of hydrogen-bond donors (Lipinski definition) is 1. The summed E-state index contributed by atoms with van der Waals surface area (Å²) >= 11 is 0. The number of nitro benzene ring substituents is 1. The summed E-state index contributed by atoms with van der Waals surface area (Å²) in [7, 11) is 0. The number of nitro groups is 1. The van der Waals surface area contributed by atoms with E-state index in [-0.39, 0.29) is 11.7 Å². The average molecular weight is 295 g/mol. The van der Waals surface area contributed by atoms with Gasteiger partial charge in [-0.2, -0.15) is 0 Å². The van der Waals surface area contributed by atoms with E-state index in [9.17, 15) is 14.5 Å². The molecule has 1 aromatic rings. The highest BCUT2D eigenvalue weighted by atomic mass is 19.1. The molecule has 1 saturated heterocycles. The molecule has 0 aliphatic carbocycles. The van der Waals surface area contributed by atoms with E-state index < -0.39 is 10.7 Å². The second-order valence-electron chi connectivity index (χ2n) is 5.78. The maximum atomic E-state index is 13.5. The maximum absolute atomic E-state index is 13.5. The molecule has 0 amide bonds. The van der Waals surface area contributed by atoms with E-state index in [4.69, 9.17) is 0 Å². The Bertz CT molecular complexity index is 502. The van der Waals surface area contributed by atoms with Gasteiger partial charge in [-0.15, -0.1) is 0 Å². The van der Waals surface area contributed by atoms with Crippen LogP contribution in [0.4, 0.5) is 15.8 Å². The van der Waals surface area contributed by atoms with Crippen LogP contribution in [0.5, 0.6) is 0 Å². The summed E-state index contributed by atoms with van der Waals surface area (Å²) in [6.45, 7) is 5.57. The van der Waals surface area contributed by atoms with Crippen LogP contribution >= 0.6 is 0 Å². The van der Waals surface area contributed by atoms with Crippen molar-refractivity contribution < 1.29 is 9.31 Å². The Morgan fingerprint density at radius 2 is 2.24 bits per heavy atom. The van der Waals surface area contributed by atoms with Gasteiger partial charge in [0.05, 0.1) is 4.92 Å². The predicted molar refractivity (Wildman–Crippen MR) is 81.2 cm³/mol. The highest BCUT2D eigenvalue weighted by Gasteiger charge is 2.25. The van der Waals surface area contributed by atoms with Crippen molar-refractivity contribution in [1.29, 1.82) is 0 Å². The van der Waals surface area contributed by atoms with E-state index in [1.807, 2.05) is 18.7 Å². The van der Waals surface area contributed by atoms with E-state index >= 15 is 0 Å². The summed E-state index contributed by atoms with van der Waals surface area (Å²) in [5.74, 6) is -0.446. The molecule has 5 nitrogen and oxygen atoms in total. The first-order valence-electron chi connectivity index (χ1n) is 7.43. The summed E-state index contributed by atoms with van der Waals surface area (Å²) in [5.41, 5.74) is 0.322. The molecular weight excluding hydrogens is 273 g/mol. The number of nitrogens with zero attached hydrogens (tertiary/aromatic N) is 2. The van der Waals surface area contributed by atoms with Gasteiger partial charge in [0.25, 0.3) is 5.69 Å². The van der Waals surface area contributed by atoms with Crippen molar-refractivity contribution in [3.8, 4) is 0 Å². The second kappa shape index (κ2) is 6.85. The summed E-state index contributed by atoms with van der Waals surface area (Å²) in [4.78, 5) is 12.7. The van der Waals surface area contributed by atoms with Crippen LogP contribution in [0, 0.1) is 15.9 Å². The zero-order chi connectivity index (χ0) is 15.4. The van der Waals surface area contributed by atoms with Crippen molar-refractivity contribution in [1.82, 2.24) is 5.32 Å². The molecule has 116 valence electrons. The van der Waals surface area contributed by atoms with E-state index in [1.54, 1.807) is 0 Å². The summed E-state index contributed by atoms with van der Waals surface area (Å²) in [6.07, 6.45) is 3.37. The highest BCUT2D eigenvalue weighted by Crippen LogP contribution is 2.31. The van der Waals surface area contributed by atoms with Crippen molar-refractivity contribution in [2.24, 2.45) is 0 Å². The third-order valence-corrected chi connectivity index (χ3v) is 3.90. The number of piperidine rings is 1. The SMILES string of the molecule is CC(C)N(CC1CCCCN1)c1cc(F)ccc1[N+](=O)[O-]. The van der Waals surface area contributed by atoms with Gasteiger partial charge < -0.3 is 10.2 Å². The standard InChI is InChI=1S/C15H22FN3O2/c1-11(2)18(10-13-5-3-4-8-17-13)15-9-12(16)6-7-14(15)19(20)21/h6-7,9,11,13,17H,3-5,8,10H2,1-2H3. The molecule has 21 heavy (non-hydrogen) atoms. The first kappa shape index (κ1) is 15.7. The Morgan fingerprint density at radius 3 is 2.81 bits per heavy atom. The molecule has 1 aliphatic heterocycles. The molecule has 6 heteroatoms. The van der Waals surface area contributed by atoms with Crippen molar-refractivity contribution in [2.75, 3.05) is 18.0 Å². The Labute approximate surface area is 124 Å². The normalized spacial score (nSPS) is 18.8. The summed E-state index contributed by atoms with van der Waals surface area (Å²) in [5, 5.41) is 14.6. The number of benzene rings is 1. The van der Waals surface area contributed by atoms with Gasteiger partial charge in [0.1, 0.15) is 11.5 Å². The van der Waals surface area contributed by atoms with Crippen LogP contribution in [-0.2, 0) is 0 Å². The third-order valence-electron chi connectivity index (χ3n) is 3.90. The molecule has 0 bridgehead atoms. The van der Waals surface area contributed by atoms with Gasteiger partial charge in [-0.3, -0.25) is 10.1 Å². The van der Waals surface area contributed by atoms with Crippen molar-refractivity contribution in [3.63, 3.8) is 0 Å². The molecule has 1 fully saturated rings. The van der Waals surface area contributed by atoms with Gasteiger partial charge >= 0.3 is 0 Å². The van der Waals surface area contributed by atoms with Crippen LogP contribution in [0.2, 0.25) is 0 Å². The fraction of sp³-hybridized carbons (Fsp3) is 0.600. The van der Waals surface area contributed by atoms with Crippen LogP contribution < -0.4 is 10.2 Å². The lowest BCUT2D eigenvalue weighted by atomic mass is 10.0. The Balaban J connectivity index is 2.28. The zero-order valence-electron chi connectivity index (χ0n) is 12.5. The van der Waals surface area contributed by atoms with Crippen LogP contribution in [0.15, 0.2) is 18.2 Å². The molecule has 1 N–H and O–H groups in total. The Kier molecular flexibility index (Phi) is 5.12. The lowest BCUT2D eigenvalue weighted by Crippen LogP contribution is -2.46. The molecule has 1 atom stereocenters. The molecule has 0 spiro atoms. The molecule has 0 radical (unpaired) electrons. The van der Waals surface area contributed by atoms with Gasteiger partial charge in [-0.05, 0) is 39.3 Å². The van der Waals surface area contributed by atoms with E-state index in [1.165, 1.54) is 12.1 Å². The van der Waals surface area contributed by atoms with Crippen molar-refractivity contribution >= 4 is 11.4 Å². The largest absolute Gasteiger partial charge is 0.362 e. The van der Waals surface area contributed by atoms with Crippen molar-refractivity contribution in [3.05, 3.63) is 34.1 Å². The first-order chi connectivity index (χ1) is 9.99. The molecule has 1 aliphatic rings. The molecule has 2 rings (SSSR count). The summed E-state index contributed by atoms with van der Waals surface area (Å²) < 4.78 is 13.5. The van der Waals surface area contributed by atoms with E-state index in [0.717, 1.165) is 31.9 Å². The number of halogens is 1. The van der Waals surface area contributed by atoms with Crippen LogP contribution in [0.25, 0.3) is 0 Å². The third kappa shape index (κ3) is 3.91. The molecule has 0 saturated carbocycles. The minimum absolute atomic E-state index is 0.0408. The number of rotatable bonds is 5. The molecule has 1 aromatic carbocycles. The highest BCUT2D eigenvalue weighted by molar-refractivity contribution is 5.63. The predicted octanol–water partition coefficient (Wildman–Crippen LogP) is 3.09. The second-order valence-corrected chi connectivity index (χ2v) is 5.78. The van der Waals surface area contributed by atoms with Crippen molar-refractivity contribution in [2.45, 2.75) is 45.2 Å². The molecular formula is C15H22FN3O2. The lowest BCUT2D eigenvalue weighted by molar-refractivity contribution is -0.384. The average Bonchev–Trinajstić information content (AvgIpc) is 2.45. The van der Waals surface area contributed by atoms with Gasteiger partial charge in [-0.1, -0.05) is 6.42 Å². The Hall–Kier alpha value is -1.69. The summed E-state index contributed by atoms with van der Waals surface area (Å²) in [6, 6.07) is 4.01. The number of anilines is 1. The Morgan fingerprint density at radius 1 is 1.48 bits per heavy atom. The van der Waals surface area contributed by atoms with Crippen LogP contribution in [0.1, 0.15) is 33.1 Å². The van der Waals surface area contributed by atoms with E-state index in [0.29, 0.717) is 18.3 Å². The topological polar surface area (TPSA) is 58.4 Å². The number of nitrogens with one attached hydrogen (secondary N) is 1. The maximum Gasteiger partial charge on any atom is 0.292 e. The molecule has 1 unspecified atom stereocenters. The first-order valence-corrected chi connectivity index (χ1v) is 7.43. The fourth-order valence-electron chi connectivity index (χ4n) is 2.79. The zero-order valence-corrected chi connectivity index (χ0v) is 12.5. The van der Waals surface area contributed by atoms with Gasteiger partial charge in [0.2, 0.25) is 0 Å². The van der Waals surface area contributed by atoms with Crippen LogP contribution in [-0.4, -0.2) is 30.1 Å². The minimum Gasteiger partial charge on any atom is -0.362 e. The van der Waals surface area contributed by atoms with Crippen LogP contribution in [0.3, 0.4) is 0 Å². The van der Waals surface area contributed by atoms with Gasteiger partial charge in [-0.25, -0.2) is 4.39 Å². The molecule has 1 heterocycles. The number of hydrogen-bond acceptors (Lipinski definition) is 4. The fourth-order valence-corrected chi connectivity index (χ4v) is 2.79.